The van der Waals surface area contributed by atoms with Crippen LogP contribution < -0.4 is 0 Å². The van der Waals surface area contributed by atoms with Gasteiger partial charge in [0, 0.05) is 25.4 Å². The fraction of sp³-hybridized carbons (Fsp3) is 0.500. The van der Waals surface area contributed by atoms with Crippen molar-refractivity contribution < 1.29 is 18.0 Å². The third-order valence-electron chi connectivity index (χ3n) is 2.35. The minimum Gasteiger partial charge on any atom is -0.341 e. The third kappa shape index (κ3) is 5.50. The van der Waals surface area contributed by atoms with E-state index < -0.39 is 18.5 Å². The lowest BCUT2D eigenvalue weighted by atomic mass is 10.2. The van der Waals surface area contributed by atoms with Gasteiger partial charge < -0.3 is 4.90 Å². The van der Waals surface area contributed by atoms with Crippen LogP contribution in [-0.2, 0) is 0 Å². The minimum atomic E-state index is -4.25. The number of nitrogens with zero attached hydrogens (tertiary/aromatic N) is 2. The Morgan fingerprint density at radius 2 is 2.16 bits per heavy atom. The van der Waals surface area contributed by atoms with Gasteiger partial charge in [-0.3, -0.25) is 4.79 Å². The molecule has 1 amide bonds. The summed E-state index contributed by atoms with van der Waals surface area (Å²) < 4.78 is 36.3. The van der Waals surface area contributed by atoms with E-state index in [1.54, 1.807) is 6.07 Å². The molecule has 106 valence electrons. The lowest BCUT2D eigenvalue weighted by Crippen LogP contribution is -2.30. The van der Waals surface area contributed by atoms with Gasteiger partial charge in [-0.1, -0.05) is 6.92 Å². The molecule has 0 aliphatic carbocycles. The molecule has 0 fully saturated rings. The first kappa shape index (κ1) is 15.8. The SMILES string of the molecule is CCSc1cc(C(=O)N(C)CCC(F)(F)F)ccn1. The third-order valence-corrected chi connectivity index (χ3v) is 3.16. The first-order valence-corrected chi connectivity index (χ1v) is 6.73. The molecule has 0 aliphatic rings. The molecule has 0 saturated carbocycles. The average molecular weight is 292 g/mol. The zero-order valence-corrected chi connectivity index (χ0v) is 11.5. The summed E-state index contributed by atoms with van der Waals surface area (Å²) in [6, 6.07) is 3.10. The van der Waals surface area contributed by atoms with Gasteiger partial charge in [-0.15, -0.1) is 11.8 Å². The number of aromatic nitrogens is 1. The zero-order chi connectivity index (χ0) is 14.5. The molecule has 0 aromatic carbocycles. The Hall–Kier alpha value is -1.24. The quantitative estimate of drug-likeness (QED) is 0.781. The van der Waals surface area contributed by atoms with E-state index in [-0.39, 0.29) is 6.54 Å². The van der Waals surface area contributed by atoms with E-state index in [0.717, 1.165) is 10.7 Å². The normalized spacial score (nSPS) is 11.4. The Balaban J connectivity index is 2.68. The van der Waals surface area contributed by atoms with E-state index in [9.17, 15) is 18.0 Å². The van der Waals surface area contributed by atoms with Gasteiger partial charge >= 0.3 is 6.18 Å². The molecule has 1 heterocycles. The van der Waals surface area contributed by atoms with E-state index >= 15 is 0 Å². The Morgan fingerprint density at radius 3 is 2.74 bits per heavy atom. The summed E-state index contributed by atoms with van der Waals surface area (Å²) in [5, 5.41) is 0.692. The van der Waals surface area contributed by atoms with Gasteiger partial charge in [0.2, 0.25) is 0 Å². The number of pyridine rings is 1. The predicted molar refractivity (Wildman–Crippen MR) is 68.3 cm³/mol. The maximum Gasteiger partial charge on any atom is 0.390 e. The largest absolute Gasteiger partial charge is 0.390 e. The number of hydrogen-bond acceptors (Lipinski definition) is 3. The Morgan fingerprint density at radius 1 is 1.47 bits per heavy atom. The van der Waals surface area contributed by atoms with Crippen LogP contribution >= 0.6 is 11.8 Å². The molecule has 0 radical (unpaired) electrons. The molecule has 7 heteroatoms. The fourth-order valence-corrected chi connectivity index (χ4v) is 2.03. The highest BCUT2D eigenvalue weighted by molar-refractivity contribution is 7.99. The van der Waals surface area contributed by atoms with E-state index in [1.807, 2.05) is 6.92 Å². The van der Waals surface area contributed by atoms with E-state index in [2.05, 4.69) is 4.98 Å². The number of amides is 1. The molecule has 1 aromatic rings. The molecule has 0 atom stereocenters. The molecule has 0 spiro atoms. The summed E-state index contributed by atoms with van der Waals surface area (Å²) >= 11 is 1.47. The van der Waals surface area contributed by atoms with Crippen LogP contribution in [0.3, 0.4) is 0 Å². The highest BCUT2D eigenvalue weighted by Crippen LogP contribution is 2.20. The minimum absolute atomic E-state index is 0.346. The number of carbonyl (C=O) groups is 1. The van der Waals surface area contributed by atoms with Gasteiger partial charge in [-0.05, 0) is 17.9 Å². The van der Waals surface area contributed by atoms with Gasteiger partial charge in [0.25, 0.3) is 5.91 Å². The van der Waals surface area contributed by atoms with Gasteiger partial charge in [0.05, 0.1) is 11.4 Å². The van der Waals surface area contributed by atoms with Crippen molar-refractivity contribution in [3.8, 4) is 0 Å². The lowest BCUT2D eigenvalue weighted by molar-refractivity contribution is -0.136. The second-order valence-electron chi connectivity index (χ2n) is 3.91. The highest BCUT2D eigenvalue weighted by atomic mass is 32.2. The summed E-state index contributed by atoms with van der Waals surface area (Å²) in [7, 11) is 1.36. The molecule has 0 unspecified atom stereocenters. The van der Waals surface area contributed by atoms with Crippen molar-refractivity contribution in [1.82, 2.24) is 9.88 Å². The van der Waals surface area contributed by atoms with Crippen LogP contribution in [-0.4, -0.2) is 41.3 Å². The highest BCUT2D eigenvalue weighted by Gasteiger charge is 2.28. The number of halogens is 3. The van der Waals surface area contributed by atoms with E-state index in [4.69, 9.17) is 0 Å². The molecule has 3 nitrogen and oxygen atoms in total. The van der Waals surface area contributed by atoms with Crippen LogP contribution in [0.25, 0.3) is 0 Å². The molecule has 19 heavy (non-hydrogen) atoms. The van der Waals surface area contributed by atoms with Gasteiger partial charge in [-0.2, -0.15) is 13.2 Å². The number of thioether (sulfide) groups is 1. The molecular weight excluding hydrogens is 277 g/mol. The maximum absolute atomic E-state index is 12.1. The number of carbonyl (C=O) groups excluding carboxylic acids is 1. The average Bonchev–Trinajstić information content (AvgIpc) is 2.35. The monoisotopic (exact) mass is 292 g/mol. The molecule has 0 saturated heterocycles. The van der Waals surface area contributed by atoms with Crippen LogP contribution in [0, 0.1) is 0 Å². The predicted octanol–water partition coefficient (Wildman–Crippen LogP) is 3.22. The summed E-state index contributed by atoms with van der Waals surface area (Å²) in [5.41, 5.74) is 0.357. The van der Waals surface area contributed by atoms with Crippen molar-refractivity contribution in [2.45, 2.75) is 24.5 Å². The molecule has 0 N–H and O–H groups in total. The molecular formula is C12H15F3N2OS. The summed E-state index contributed by atoms with van der Waals surface area (Å²) in [4.78, 5) is 17.1. The van der Waals surface area contributed by atoms with E-state index in [1.165, 1.54) is 31.1 Å². The molecule has 0 aliphatic heterocycles. The first-order valence-electron chi connectivity index (χ1n) is 5.74. The summed E-state index contributed by atoms with van der Waals surface area (Å²) in [5.74, 6) is 0.388. The molecule has 1 rings (SSSR count). The van der Waals surface area contributed by atoms with Gasteiger partial charge in [0.15, 0.2) is 0 Å². The van der Waals surface area contributed by atoms with Crippen LogP contribution in [0.2, 0.25) is 0 Å². The van der Waals surface area contributed by atoms with Crippen LogP contribution in [0.5, 0.6) is 0 Å². The number of alkyl halides is 3. The second kappa shape index (κ2) is 6.79. The Labute approximate surface area is 114 Å². The van der Waals surface area contributed by atoms with Crippen molar-refractivity contribution in [2.75, 3.05) is 19.3 Å². The van der Waals surface area contributed by atoms with Crippen LogP contribution in [0.15, 0.2) is 23.4 Å². The Kier molecular flexibility index (Phi) is 5.65. The Bertz CT molecular complexity index is 437. The zero-order valence-electron chi connectivity index (χ0n) is 10.7. The smallest absolute Gasteiger partial charge is 0.341 e. The standard InChI is InChI=1S/C12H15F3N2OS/c1-3-19-10-8-9(4-6-16-10)11(18)17(2)7-5-12(13,14)15/h4,6,8H,3,5,7H2,1-2H3. The van der Waals surface area contributed by atoms with E-state index in [0.29, 0.717) is 10.6 Å². The molecule has 0 bridgehead atoms. The van der Waals surface area contributed by atoms with Gasteiger partial charge in [-0.25, -0.2) is 4.98 Å². The second-order valence-corrected chi connectivity index (χ2v) is 5.19. The van der Waals surface area contributed by atoms with Crippen LogP contribution in [0.4, 0.5) is 13.2 Å². The molecule has 1 aromatic heterocycles. The van der Waals surface area contributed by atoms with Crippen molar-refractivity contribution in [3.05, 3.63) is 23.9 Å². The van der Waals surface area contributed by atoms with Crippen molar-refractivity contribution in [2.24, 2.45) is 0 Å². The lowest BCUT2D eigenvalue weighted by Gasteiger charge is -2.18. The maximum atomic E-state index is 12.1. The number of hydrogen-bond donors (Lipinski definition) is 0. The number of rotatable bonds is 5. The van der Waals surface area contributed by atoms with Crippen molar-refractivity contribution in [1.29, 1.82) is 0 Å². The van der Waals surface area contributed by atoms with Crippen LogP contribution in [0.1, 0.15) is 23.7 Å². The summed E-state index contributed by atoms with van der Waals surface area (Å²) in [6.07, 6.45) is -3.77. The fourth-order valence-electron chi connectivity index (χ4n) is 1.39. The van der Waals surface area contributed by atoms with Crippen molar-refractivity contribution >= 4 is 17.7 Å². The van der Waals surface area contributed by atoms with Crippen molar-refractivity contribution in [3.63, 3.8) is 0 Å². The summed E-state index contributed by atoms with van der Waals surface area (Å²) in [6.45, 7) is 1.61. The first-order chi connectivity index (χ1) is 8.83. The topological polar surface area (TPSA) is 33.2 Å². The van der Waals surface area contributed by atoms with Gasteiger partial charge in [0.1, 0.15) is 0 Å².